The van der Waals surface area contributed by atoms with Crippen LogP contribution in [0.4, 0.5) is 10.5 Å². The molecule has 0 fully saturated rings. The summed E-state index contributed by atoms with van der Waals surface area (Å²) < 4.78 is 1.01. The molecule has 0 aliphatic rings. The van der Waals surface area contributed by atoms with Gasteiger partial charge in [0.25, 0.3) is 0 Å². The maximum atomic E-state index is 11.9. The molecule has 0 saturated heterocycles. The average Bonchev–Trinajstić information content (AvgIpc) is 2.84. The minimum atomic E-state index is -0.937. The van der Waals surface area contributed by atoms with Crippen LogP contribution in [0.3, 0.4) is 0 Å². The number of para-hydroxylation sites is 1. The van der Waals surface area contributed by atoms with Gasteiger partial charge in [-0.25, -0.2) is 4.79 Å². The molecule has 0 saturated carbocycles. The van der Waals surface area contributed by atoms with Gasteiger partial charge in [0, 0.05) is 10.6 Å². The third-order valence-corrected chi connectivity index (χ3v) is 4.28. The van der Waals surface area contributed by atoms with Crippen molar-refractivity contribution in [3.8, 4) is 0 Å². The summed E-state index contributed by atoms with van der Waals surface area (Å²) in [7, 11) is 0. The quantitative estimate of drug-likeness (QED) is 0.755. The third-order valence-electron chi connectivity index (χ3n) is 2.66. The maximum absolute atomic E-state index is 11.9. The highest BCUT2D eigenvalue weighted by Gasteiger charge is 2.09. The minimum Gasteiger partial charge on any atom is -0.481 e. The topological polar surface area (TPSA) is 78.4 Å². The number of anilines is 1. The van der Waals surface area contributed by atoms with E-state index < -0.39 is 5.97 Å². The van der Waals surface area contributed by atoms with E-state index in [2.05, 4.69) is 26.6 Å². The number of rotatable bonds is 5. The van der Waals surface area contributed by atoms with Gasteiger partial charge >= 0.3 is 12.0 Å². The van der Waals surface area contributed by atoms with Crippen LogP contribution < -0.4 is 10.6 Å². The van der Waals surface area contributed by atoms with Crippen molar-refractivity contribution < 1.29 is 14.7 Å². The van der Waals surface area contributed by atoms with Crippen LogP contribution in [0, 0.1) is 0 Å². The summed E-state index contributed by atoms with van der Waals surface area (Å²) in [5, 5.41) is 14.3. The van der Waals surface area contributed by atoms with Gasteiger partial charge in [-0.15, -0.1) is 11.3 Å². The van der Waals surface area contributed by atoms with Gasteiger partial charge < -0.3 is 15.7 Å². The summed E-state index contributed by atoms with van der Waals surface area (Å²) in [6, 6.07) is 10.3. The Bertz CT molecular complexity index is 657. The number of carboxylic acids is 1. The number of urea groups is 1. The van der Waals surface area contributed by atoms with E-state index in [4.69, 9.17) is 5.11 Å². The molecule has 2 aromatic rings. The normalized spacial score (nSPS) is 10.1. The van der Waals surface area contributed by atoms with Crippen LogP contribution in [-0.4, -0.2) is 17.1 Å². The lowest BCUT2D eigenvalue weighted by Gasteiger charge is -2.10. The highest BCUT2D eigenvalue weighted by atomic mass is 79.9. The molecule has 0 unspecified atom stereocenters. The SMILES string of the molecule is O=C(O)Cc1ccccc1NC(=O)NCc1ccc(Br)s1. The number of aliphatic carboxylic acids is 1. The van der Waals surface area contributed by atoms with Crippen LogP contribution in [0.15, 0.2) is 40.2 Å². The Labute approximate surface area is 134 Å². The number of benzene rings is 1. The molecule has 0 aliphatic heterocycles. The lowest BCUT2D eigenvalue weighted by atomic mass is 10.1. The fourth-order valence-electron chi connectivity index (χ4n) is 1.74. The third kappa shape index (κ3) is 4.87. The standard InChI is InChI=1S/C14H13BrN2O3S/c15-12-6-5-10(21-12)8-16-14(20)17-11-4-2-1-3-9(11)7-13(18)19/h1-6H,7-8H2,(H,18,19)(H2,16,17,20). The first-order valence-electron chi connectivity index (χ1n) is 6.13. The molecule has 0 radical (unpaired) electrons. The van der Waals surface area contributed by atoms with Crippen LogP contribution in [0.2, 0.25) is 0 Å². The zero-order valence-corrected chi connectivity index (χ0v) is 13.3. The number of carboxylic acid groups (broad SMARTS) is 1. The summed E-state index contributed by atoms with van der Waals surface area (Å²) in [4.78, 5) is 23.7. The molecule has 110 valence electrons. The predicted octanol–water partition coefficient (Wildman–Crippen LogP) is 3.46. The number of hydrogen-bond donors (Lipinski definition) is 3. The molecular formula is C14H13BrN2O3S. The van der Waals surface area contributed by atoms with E-state index in [0.29, 0.717) is 17.8 Å². The van der Waals surface area contributed by atoms with Gasteiger partial charge in [-0.05, 0) is 39.7 Å². The second-order valence-electron chi connectivity index (χ2n) is 4.24. The van der Waals surface area contributed by atoms with E-state index in [1.807, 2.05) is 12.1 Å². The number of halogens is 1. The van der Waals surface area contributed by atoms with Crippen molar-refractivity contribution in [2.75, 3.05) is 5.32 Å². The number of carbonyl (C=O) groups is 2. The number of amides is 2. The van der Waals surface area contributed by atoms with Crippen LogP contribution in [0.1, 0.15) is 10.4 Å². The summed E-state index contributed by atoms with van der Waals surface area (Å²) >= 11 is 4.90. The number of thiophene rings is 1. The van der Waals surface area contributed by atoms with E-state index in [1.165, 1.54) is 0 Å². The molecule has 21 heavy (non-hydrogen) atoms. The van der Waals surface area contributed by atoms with E-state index in [1.54, 1.807) is 35.6 Å². The van der Waals surface area contributed by atoms with E-state index in [-0.39, 0.29) is 12.5 Å². The largest absolute Gasteiger partial charge is 0.481 e. The number of nitrogens with one attached hydrogen (secondary N) is 2. The molecule has 0 bridgehead atoms. The van der Waals surface area contributed by atoms with Gasteiger partial charge in [0.1, 0.15) is 0 Å². The van der Waals surface area contributed by atoms with Crippen molar-refractivity contribution in [1.82, 2.24) is 5.32 Å². The Morgan fingerprint density at radius 3 is 2.62 bits per heavy atom. The Morgan fingerprint density at radius 1 is 1.19 bits per heavy atom. The number of hydrogen-bond acceptors (Lipinski definition) is 3. The Kier molecular flexibility index (Phi) is 5.35. The molecule has 0 spiro atoms. The molecule has 3 N–H and O–H groups in total. The molecule has 7 heteroatoms. The maximum Gasteiger partial charge on any atom is 0.319 e. The lowest BCUT2D eigenvalue weighted by Crippen LogP contribution is -2.28. The second-order valence-corrected chi connectivity index (χ2v) is 6.79. The molecule has 1 aromatic carbocycles. The van der Waals surface area contributed by atoms with Crippen LogP contribution >= 0.6 is 27.3 Å². The van der Waals surface area contributed by atoms with E-state index in [9.17, 15) is 9.59 Å². The molecule has 1 heterocycles. The molecule has 5 nitrogen and oxygen atoms in total. The molecule has 2 rings (SSSR count). The van der Waals surface area contributed by atoms with Crippen molar-refractivity contribution in [2.24, 2.45) is 0 Å². The fraction of sp³-hybridized carbons (Fsp3) is 0.143. The van der Waals surface area contributed by atoms with Gasteiger partial charge in [0.2, 0.25) is 0 Å². The first-order valence-corrected chi connectivity index (χ1v) is 7.74. The van der Waals surface area contributed by atoms with E-state index >= 15 is 0 Å². The zero-order valence-electron chi connectivity index (χ0n) is 10.9. The van der Waals surface area contributed by atoms with Gasteiger partial charge in [-0.3, -0.25) is 4.79 Å². The second kappa shape index (κ2) is 7.24. The van der Waals surface area contributed by atoms with Gasteiger partial charge in [-0.2, -0.15) is 0 Å². The molecule has 2 amide bonds. The summed E-state index contributed by atoms with van der Waals surface area (Å²) in [5.74, 6) is -0.937. The highest BCUT2D eigenvalue weighted by Crippen LogP contribution is 2.21. The summed E-state index contributed by atoms with van der Waals surface area (Å²) in [5.41, 5.74) is 1.07. The van der Waals surface area contributed by atoms with Gasteiger partial charge in [-0.1, -0.05) is 18.2 Å². The van der Waals surface area contributed by atoms with Crippen LogP contribution in [0.5, 0.6) is 0 Å². The first kappa shape index (κ1) is 15.5. The molecule has 1 aromatic heterocycles. The Balaban J connectivity index is 1.94. The Hall–Kier alpha value is -1.86. The monoisotopic (exact) mass is 368 g/mol. The summed E-state index contributed by atoms with van der Waals surface area (Å²) in [6.07, 6.45) is -0.131. The zero-order chi connectivity index (χ0) is 15.2. The van der Waals surface area contributed by atoms with Gasteiger partial charge in [0.15, 0.2) is 0 Å². The number of carbonyl (C=O) groups excluding carboxylic acids is 1. The van der Waals surface area contributed by atoms with Crippen LogP contribution in [-0.2, 0) is 17.8 Å². The van der Waals surface area contributed by atoms with Crippen molar-refractivity contribution >= 4 is 45.0 Å². The lowest BCUT2D eigenvalue weighted by molar-refractivity contribution is -0.136. The summed E-state index contributed by atoms with van der Waals surface area (Å²) in [6.45, 7) is 0.420. The molecule has 0 aliphatic carbocycles. The smallest absolute Gasteiger partial charge is 0.319 e. The van der Waals surface area contributed by atoms with Crippen molar-refractivity contribution in [2.45, 2.75) is 13.0 Å². The van der Waals surface area contributed by atoms with Crippen molar-refractivity contribution in [3.63, 3.8) is 0 Å². The Morgan fingerprint density at radius 2 is 1.95 bits per heavy atom. The van der Waals surface area contributed by atoms with Crippen molar-refractivity contribution in [1.29, 1.82) is 0 Å². The van der Waals surface area contributed by atoms with E-state index in [0.717, 1.165) is 8.66 Å². The van der Waals surface area contributed by atoms with Crippen LogP contribution in [0.25, 0.3) is 0 Å². The minimum absolute atomic E-state index is 0.131. The fourth-order valence-corrected chi connectivity index (χ4v) is 3.16. The van der Waals surface area contributed by atoms with Gasteiger partial charge in [0.05, 0.1) is 16.8 Å². The molecule has 0 atom stereocenters. The first-order chi connectivity index (χ1) is 10.0. The predicted molar refractivity (Wildman–Crippen MR) is 85.7 cm³/mol. The average molecular weight is 369 g/mol. The highest BCUT2D eigenvalue weighted by molar-refractivity contribution is 9.11. The van der Waals surface area contributed by atoms with Crippen molar-refractivity contribution in [3.05, 3.63) is 50.6 Å². The molecular weight excluding hydrogens is 356 g/mol.